The van der Waals surface area contributed by atoms with Crippen molar-refractivity contribution >= 4 is 44.1 Å². The van der Waals surface area contributed by atoms with Crippen LogP contribution in [0.25, 0.3) is 10.8 Å². The fourth-order valence-corrected chi connectivity index (χ4v) is 7.54. The molecule has 0 aromatic heterocycles. The van der Waals surface area contributed by atoms with E-state index in [-0.39, 0.29) is 42.2 Å². The molecule has 0 aliphatic carbocycles. The van der Waals surface area contributed by atoms with Crippen molar-refractivity contribution in [2.24, 2.45) is 5.92 Å². The third-order valence-electron chi connectivity index (χ3n) is 9.55. The molecule has 4 aromatic carbocycles. The SMILES string of the molecule is COc1ccc(S(=O)(=O)N(C)C[C@H]2OCCCC[C@@H](C)Oc3ccc(NC(=O)Nc4cccc5ccccc45)cc3C(=O)N([C@@H](C)CO)C[C@H]2C)cc1. The first-order valence-electron chi connectivity index (χ1n) is 17.9. The van der Waals surface area contributed by atoms with Crippen molar-refractivity contribution in [2.75, 3.05) is 51.1 Å². The molecular weight excluding hydrogens is 697 g/mol. The van der Waals surface area contributed by atoms with Gasteiger partial charge >= 0.3 is 6.03 Å². The van der Waals surface area contributed by atoms with Gasteiger partial charge in [0.2, 0.25) is 10.0 Å². The largest absolute Gasteiger partial charge is 0.497 e. The van der Waals surface area contributed by atoms with Crippen LogP contribution in [-0.2, 0) is 14.8 Å². The molecule has 1 aliphatic rings. The van der Waals surface area contributed by atoms with Crippen LogP contribution in [0.5, 0.6) is 11.5 Å². The smallest absolute Gasteiger partial charge is 0.323 e. The van der Waals surface area contributed by atoms with E-state index < -0.39 is 34.1 Å². The Labute approximate surface area is 312 Å². The fourth-order valence-electron chi connectivity index (χ4n) is 6.36. The van der Waals surface area contributed by atoms with E-state index in [2.05, 4.69) is 10.6 Å². The van der Waals surface area contributed by atoms with Crippen LogP contribution in [0.3, 0.4) is 0 Å². The summed E-state index contributed by atoms with van der Waals surface area (Å²) in [5.74, 6) is 0.153. The first kappa shape index (κ1) is 39.5. The van der Waals surface area contributed by atoms with Gasteiger partial charge in [-0.2, -0.15) is 4.31 Å². The molecule has 0 fully saturated rings. The lowest BCUT2D eigenvalue weighted by molar-refractivity contribution is -0.00834. The van der Waals surface area contributed by atoms with E-state index in [1.54, 1.807) is 42.2 Å². The van der Waals surface area contributed by atoms with Crippen molar-refractivity contribution in [2.45, 2.75) is 63.2 Å². The number of benzene rings is 4. The molecule has 284 valence electrons. The quantitative estimate of drug-likeness (QED) is 0.174. The summed E-state index contributed by atoms with van der Waals surface area (Å²) >= 11 is 0. The zero-order valence-electron chi connectivity index (χ0n) is 30.9. The van der Waals surface area contributed by atoms with Crippen LogP contribution in [0.15, 0.2) is 89.8 Å². The average molecular weight is 747 g/mol. The lowest BCUT2D eigenvalue weighted by atomic mass is 10.0. The third kappa shape index (κ3) is 9.85. The van der Waals surface area contributed by atoms with Crippen molar-refractivity contribution in [3.63, 3.8) is 0 Å². The Morgan fingerprint density at radius 2 is 1.75 bits per heavy atom. The number of sulfonamides is 1. The summed E-state index contributed by atoms with van der Waals surface area (Å²) in [5.41, 5.74) is 1.24. The highest BCUT2D eigenvalue weighted by atomic mass is 32.2. The van der Waals surface area contributed by atoms with E-state index in [0.29, 0.717) is 35.9 Å². The molecule has 3 N–H and O–H groups in total. The summed E-state index contributed by atoms with van der Waals surface area (Å²) < 4.78 is 46.3. The van der Waals surface area contributed by atoms with Crippen LogP contribution in [0.4, 0.5) is 16.2 Å². The van der Waals surface area contributed by atoms with Gasteiger partial charge in [0, 0.05) is 43.7 Å². The van der Waals surface area contributed by atoms with E-state index >= 15 is 0 Å². The number of methoxy groups -OCH3 is 1. The van der Waals surface area contributed by atoms with E-state index in [4.69, 9.17) is 14.2 Å². The van der Waals surface area contributed by atoms with Crippen LogP contribution in [0.2, 0.25) is 0 Å². The van der Waals surface area contributed by atoms with Crippen LogP contribution in [-0.4, -0.2) is 93.4 Å². The van der Waals surface area contributed by atoms with Crippen molar-refractivity contribution in [3.05, 3.63) is 90.5 Å². The number of ether oxygens (including phenoxy) is 3. The van der Waals surface area contributed by atoms with Gasteiger partial charge in [0.15, 0.2) is 0 Å². The summed E-state index contributed by atoms with van der Waals surface area (Å²) in [6.07, 6.45) is 1.39. The molecule has 4 aromatic rings. The number of hydrogen-bond acceptors (Lipinski definition) is 8. The summed E-state index contributed by atoms with van der Waals surface area (Å²) in [6.45, 7) is 5.86. The van der Waals surface area contributed by atoms with Gasteiger partial charge in [0.1, 0.15) is 11.5 Å². The van der Waals surface area contributed by atoms with Gasteiger partial charge in [-0.1, -0.05) is 43.3 Å². The monoisotopic (exact) mass is 746 g/mol. The molecule has 13 heteroatoms. The zero-order valence-corrected chi connectivity index (χ0v) is 31.8. The normalized spacial score (nSPS) is 19.5. The molecular formula is C40H50N4O8S. The van der Waals surface area contributed by atoms with Gasteiger partial charge in [-0.3, -0.25) is 4.79 Å². The Bertz CT molecular complexity index is 1970. The van der Waals surface area contributed by atoms with Crippen LogP contribution in [0, 0.1) is 5.92 Å². The number of amides is 3. The summed E-state index contributed by atoms with van der Waals surface area (Å²) in [4.78, 5) is 29.4. The second kappa shape index (κ2) is 17.9. The highest BCUT2D eigenvalue weighted by Crippen LogP contribution is 2.30. The second-order valence-corrected chi connectivity index (χ2v) is 15.6. The maximum Gasteiger partial charge on any atom is 0.323 e. The Morgan fingerprint density at radius 1 is 1.02 bits per heavy atom. The molecule has 1 aliphatic heterocycles. The predicted molar refractivity (Wildman–Crippen MR) is 206 cm³/mol. The number of aliphatic hydroxyl groups is 1. The topological polar surface area (TPSA) is 147 Å². The molecule has 0 bridgehead atoms. The number of anilines is 2. The molecule has 4 atom stereocenters. The van der Waals surface area contributed by atoms with Crippen molar-refractivity contribution in [3.8, 4) is 11.5 Å². The molecule has 53 heavy (non-hydrogen) atoms. The number of nitrogens with one attached hydrogen (secondary N) is 2. The molecule has 0 saturated heterocycles. The number of likely N-dealkylation sites (N-methyl/N-ethyl adjacent to an activating group) is 1. The number of rotatable bonds is 9. The van der Waals surface area contributed by atoms with Crippen molar-refractivity contribution < 1.29 is 37.3 Å². The highest BCUT2D eigenvalue weighted by Gasteiger charge is 2.32. The third-order valence-corrected chi connectivity index (χ3v) is 11.4. The van der Waals surface area contributed by atoms with Crippen LogP contribution >= 0.6 is 0 Å². The van der Waals surface area contributed by atoms with Gasteiger partial charge in [0.25, 0.3) is 5.91 Å². The van der Waals surface area contributed by atoms with E-state index in [9.17, 15) is 23.1 Å². The minimum absolute atomic E-state index is 0.0427. The number of fused-ring (bicyclic) bond motifs is 2. The standard InChI is InChI=1S/C40H50N4O8S/c1-27-24-44(28(2)26-45)39(46)35-23-31(41-40(47)42-36-15-10-13-30-12-6-7-14-34(30)36)16-21-37(35)52-29(3)11-8-9-22-51-38(27)25-43(4)53(48,49)33-19-17-32(50-5)18-20-33/h6-7,10,12-21,23,27-29,38,45H,8-9,11,22,24-26H2,1-5H3,(H2,41,42,47)/t27-,28+,29-,38-/m1/s1. The average Bonchev–Trinajstić information content (AvgIpc) is 3.16. The molecule has 0 spiro atoms. The lowest BCUT2D eigenvalue weighted by Crippen LogP contribution is -2.48. The Kier molecular flexibility index (Phi) is 13.3. The minimum atomic E-state index is -3.87. The van der Waals surface area contributed by atoms with Crippen LogP contribution in [0.1, 0.15) is 50.4 Å². The molecule has 5 rings (SSSR count). The lowest BCUT2D eigenvalue weighted by Gasteiger charge is -2.35. The number of aliphatic hydroxyl groups excluding tert-OH is 1. The molecule has 1 heterocycles. The number of nitrogens with zero attached hydrogens (tertiary/aromatic N) is 2. The predicted octanol–water partition coefficient (Wildman–Crippen LogP) is 6.61. The Morgan fingerprint density at radius 3 is 2.49 bits per heavy atom. The first-order chi connectivity index (χ1) is 25.4. The van der Waals surface area contributed by atoms with Crippen molar-refractivity contribution in [1.82, 2.24) is 9.21 Å². The van der Waals surface area contributed by atoms with Crippen molar-refractivity contribution in [1.29, 1.82) is 0 Å². The molecule has 3 amide bonds. The maximum absolute atomic E-state index is 14.5. The molecule has 0 saturated carbocycles. The van der Waals surface area contributed by atoms with Gasteiger partial charge in [-0.05, 0) is 87.0 Å². The van der Waals surface area contributed by atoms with Gasteiger partial charge < -0.3 is 34.9 Å². The van der Waals surface area contributed by atoms with Gasteiger partial charge in [-0.25, -0.2) is 13.2 Å². The van der Waals surface area contributed by atoms with Gasteiger partial charge in [-0.15, -0.1) is 0 Å². The summed E-state index contributed by atoms with van der Waals surface area (Å²) in [5, 5.41) is 17.9. The van der Waals surface area contributed by atoms with E-state index in [1.165, 1.54) is 30.6 Å². The number of urea groups is 1. The number of carbonyl (C=O) groups excluding carboxylic acids is 2. The van der Waals surface area contributed by atoms with Crippen LogP contribution < -0.4 is 20.1 Å². The molecule has 0 unspecified atom stereocenters. The fraction of sp³-hybridized carbons (Fsp3) is 0.400. The summed E-state index contributed by atoms with van der Waals surface area (Å²) in [6, 6.07) is 23.5. The summed E-state index contributed by atoms with van der Waals surface area (Å²) in [7, 11) is -0.834. The van der Waals surface area contributed by atoms with Gasteiger partial charge in [0.05, 0.1) is 48.1 Å². The zero-order chi connectivity index (χ0) is 38.1. The first-order valence-corrected chi connectivity index (χ1v) is 19.4. The molecule has 12 nitrogen and oxygen atoms in total. The minimum Gasteiger partial charge on any atom is -0.497 e. The van der Waals surface area contributed by atoms with E-state index in [1.807, 2.05) is 56.3 Å². The number of carbonyl (C=O) groups is 2. The molecule has 0 radical (unpaired) electrons. The maximum atomic E-state index is 14.5. The Hall–Kier alpha value is -4.69. The van der Waals surface area contributed by atoms with E-state index in [0.717, 1.165) is 23.6 Å². The second-order valence-electron chi connectivity index (χ2n) is 13.6. The highest BCUT2D eigenvalue weighted by molar-refractivity contribution is 7.89. The number of hydrogen-bond donors (Lipinski definition) is 3. The Balaban J connectivity index is 1.41.